The molecule has 23 heavy (non-hydrogen) atoms. The summed E-state index contributed by atoms with van der Waals surface area (Å²) >= 11 is 0. The van der Waals surface area contributed by atoms with Crippen molar-refractivity contribution in [1.82, 2.24) is 4.90 Å². The van der Waals surface area contributed by atoms with Gasteiger partial charge in [-0.25, -0.2) is 9.69 Å². The van der Waals surface area contributed by atoms with Crippen molar-refractivity contribution in [2.75, 3.05) is 20.5 Å². The van der Waals surface area contributed by atoms with Gasteiger partial charge in [0.05, 0.1) is 18.1 Å². The van der Waals surface area contributed by atoms with Gasteiger partial charge in [-0.05, 0) is 18.3 Å². The number of cyclic esters (lactones) is 1. The molecule has 0 aromatic carbocycles. The van der Waals surface area contributed by atoms with Crippen molar-refractivity contribution in [3.63, 3.8) is 0 Å². The van der Waals surface area contributed by atoms with Crippen molar-refractivity contribution >= 4 is 12.0 Å². The monoisotopic (exact) mass is 327 g/mol. The van der Waals surface area contributed by atoms with Crippen LogP contribution in [0.15, 0.2) is 12.7 Å². The van der Waals surface area contributed by atoms with Crippen LogP contribution in [-0.2, 0) is 19.0 Å². The first kappa shape index (κ1) is 19.6. The number of hydrogen-bond donors (Lipinski definition) is 0. The van der Waals surface area contributed by atoms with E-state index < -0.39 is 12.0 Å². The van der Waals surface area contributed by atoms with Gasteiger partial charge in [0.15, 0.2) is 0 Å². The van der Waals surface area contributed by atoms with E-state index in [0.29, 0.717) is 6.42 Å². The molecule has 0 spiro atoms. The van der Waals surface area contributed by atoms with Crippen molar-refractivity contribution in [2.24, 2.45) is 17.8 Å². The summed E-state index contributed by atoms with van der Waals surface area (Å²) in [5, 5.41) is 0. The van der Waals surface area contributed by atoms with Gasteiger partial charge in [0.2, 0.25) is 5.91 Å². The molecule has 0 aromatic heterocycles. The lowest BCUT2D eigenvalue weighted by Gasteiger charge is -2.32. The molecule has 1 fully saturated rings. The van der Waals surface area contributed by atoms with E-state index in [0.717, 1.165) is 0 Å². The summed E-state index contributed by atoms with van der Waals surface area (Å²) in [6.07, 6.45) is 1.58. The molecule has 0 N–H and O–H groups in total. The smallest absolute Gasteiger partial charge is 0.416 e. The Kier molecular flexibility index (Phi) is 7.72. The van der Waals surface area contributed by atoms with Gasteiger partial charge in [-0.3, -0.25) is 4.79 Å². The number of nitrogens with zero attached hydrogens (tertiary/aromatic N) is 1. The molecule has 4 atom stereocenters. The molecule has 1 rings (SSSR count). The zero-order valence-electron chi connectivity index (χ0n) is 14.8. The maximum atomic E-state index is 12.9. The van der Waals surface area contributed by atoms with Gasteiger partial charge in [-0.2, -0.15) is 0 Å². The number of amides is 2. The number of carbonyl (C=O) groups excluding carboxylic acids is 2. The predicted molar refractivity (Wildman–Crippen MR) is 86.7 cm³/mol. The minimum Gasteiger partial charge on any atom is -0.447 e. The molecule has 1 saturated heterocycles. The SMILES string of the molecule is C=CC[C@H](C)[C@@H](OCOC)[C@@H](C)C(=O)N1C(=O)OC[C@@H]1C(C)C. The Morgan fingerprint density at radius 3 is 2.61 bits per heavy atom. The largest absolute Gasteiger partial charge is 0.447 e. The van der Waals surface area contributed by atoms with Gasteiger partial charge in [-0.15, -0.1) is 6.58 Å². The van der Waals surface area contributed by atoms with Gasteiger partial charge in [0.1, 0.15) is 13.4 Å². The van der Waals surface area contributed by atoms with E-state index in [9.17, 15) is 9.59 Å². The molecule has 0 radical (unpaired) electrons. The van der Waals surface area contributed by atoms with Gasteiger partial charge in [0, 0.05) is 7.11 Å². The van der Waals surface area contributed by atoms with Crippen LogP contribution in [0.2, 0.25) is 0 Å². The van der Waals surface area contributed by atoms with Crippen LogP contribution in [0.1, 0.15) is 34.1 Å². The van der Waals surface area contributed by atoms with Crippen LogP contribution in [0.25, 0.3) is 0 Å². The summed E-state index contributed by atoms with van der Waals surface area (Å²) in [4.78, 5) is 26.1. The fraction of sp³-hybridized carbons (Fsp3) is 0.765. The topological polar surface area (TPSA) is 65.1 Å². The molecule has 1 heterocycles. The molecule has 0 unspecified atom stereocenters. The molecule has 1 aliphatic heterocycles. The third-order valence-corrected chi connectivity index (χ3v) is 4.27. The van der Waals surface area contributed by atoms with Crippen molar-refractivity contribution in [3.8, 4) is 0 Å². The fourth-order valence-corrected chi connectivity index (χ4v) is 2.89. The predicted octanol–water partition coefficient (Wildman–Crippen LogP) is 2.83. The van der Waals surface area contributed by atoms with Crippen molar-refractivity contribution in [1.29, 1.82) is 0 Å². The minimum atomic E-state index is -0.567. The normalized spacial score (nSPS) is 21.9. The third kappa shape index (κ3) is 4.78. The Morgan fingerprint density at radius 1 is 1.43 bits per heavy atom. The molecule has 0 aliphatic carbocycles. The molecule has 0 aromatic rings. The van der Waals surface area contributed by atoms with E-state index in [1.165, 1.54) is 12.0 Å². The number of allylic oxidation sites excluding steroid dienone is 1. The molecule has 6 heteroatoms. The highest BCUT2D eigenvalue weighted by Gasteiger charge is 2.43. The Balaban J connectivity index is 2.92. The summed E-state index contributed by atoms with van der Waals surface area (Å²) < 4.78 is 15.7. The van der Waals surface area contributed by atoms with Crippen molar-refractivity contribution in [2.45, 2.75) is 46.3 Å². The lowest BCUT2D eigenvalue weighted by atomic mass is 9.89. The number of ether oxygens (including phenoxy) is 3. The summed E-state index contributed by atoms with van der Waals surface area (Å²) in [5.74, 6) is -0.519. The van der Waals surface area contributed by atoms with Crippen molar-refractivity contribution in [3.05, 3.63) is 12.7 Å². The van der Waals surface area contributed by atoms with E-state index in [1.54, 1.807) is 13.0 Å². The van der Waals surface area contributed by atoms with Crippen LogP contribution >= 0.6 is 0 Å². The van der Waals surface area contributed by atoms with Gasteiger partial charge >= 0.3 is 6.09 Å². The second kappa shape index (κ2) is 9.03. The molecule has 0 saturated carbocycles. The maximum absolute atomic E-state index is 12.9. The lowest BCUT2D eigenvalue weighted by Crippen LogP contribution is -2.48. The average Bonchev–Trinajstić information content (AvgIpc) is 2.88. The first-order valence-corrected chi connectivity index (χ1v) is 8.06. The zero-order chi connectivity index (χ0) is 17.6. The Labute approximate surface area is 138 Å². The van der Waals surface area contributed by atoms with E-state index >= 15 is 0 Å². The standard InChI is InChI=1S/C17H29NO5/c1-7-8-12(4)15(23-10-21-6)13(5)16(19)18-14(11(2)3)9-22-17(18)20/h7,11-15H,1,8-10H2,2-6H3/t12-,13+,14+,15+/m0/s1. The molecule has 1 aliphatic rings. The number of methoxy groups -OCH3 is 1. The highest BCUT2D eigenvalue weighted by molar-refractivity contribution is 5.95. The van der Waals surface area contributed by atoms with Crippen LogP contribution in [0.5, 0.6) is 0 Å². The van der Waals surface area contributed by atoms with E-state index in [4.69, 9.17) is 14.2 Å². The second-order valence-corrected chi connectivity index (χ2v) is 6.42. The quantitative estimate of drug-likeness (QED) is 0.481. The van der Waals surface area contributed by atoms with Gasteiger partial charge in [0.25, 0.3) is 0 Å². The average molecular weight is 327 g/mol. The molecular formula is C17H29NO5. The van der Waals surface area contributed by atoms with Crippen LogP contribution in [0.4, 0.5) is 4.79 Å². The molecular weight excluding hydrogens is 298 g/mol. The van der Waals surface area contributed by atoms with Crippen LogP contribution in [-0.4, -0.2) is 49.6 Å². The minimum absolute atomic E-state index is 0.0812. The molecule has 2 amide bonds. The number of carbonyl (C=O) groups is 2. The number of imide groups is 1. The van der Waals surface area contributed by atoms with Gasteiger partial charge in [-0.1, -0.05) is 33.8 Å². The summed E-state index contributed by atoms with van der Waals surface area (Å²) in [5.41, 5.74) is 0. The highest BCUT2D eigenvalue weighted by Crippen LogP contribution is 2.27. The lowest BCUT2D eigenvalue weighted by molar-refractivity contribution is -0.148. The first-order valence-electron chi connectivity index (χ1n) is 8.06. The fourth-order valence-electron chi connectivity index (χ4n) is 2.89. The summed E-state index contributed by atoms with van der Waals surface area (Å²) in [6.45, 7) is 11.8. The Morgan fingerprint density at radius 2 is 2.09 bits per heavy atom. The number of hydrogen-bond acceptors (Lipinski definition) is 5. The van der Waals surface area contributed by atoms with Crippen molar-refractivity contribution < 1.29 is 23.8 Å². The van der Waals surface area contributed by atoms with E-state index in [-0.39, 0.29) is 43.3 Å². The Bertz CT molecular complexity index is 423. The second-order valence-electron chi connectivity index (χ2n) is 6.42. The third-order valence-electron chi connectivity index (χ3n) is 4.27. The maximum Gasteiger partial charge on any atom is 0.416 e. The van der Waals surface area contributed by atoms with Crippen LogP contribution in [0, 0.1) is 17.8 Å². The molecule has 6 nitrogen and oxygen atoms in total. The van der Waals surface area contributed by atoms with Crippen LogP contribution in [0.3, 0.4) is 0 Å². The highest BCUT2D eigenvalue weighted by atomic mass is 16.7. The number of rotatable bonds is 9. The first-order chi connectivity index (χ1) is 10.8. The van der Waals surface area contributed by atoms with E-state index in [2.05, 4.69) is 6.58 Å². The van der Waals surface area contributed by atoms with Gasteiger partial charge < -0.3 is 14.2 Å². The van der Waals surface area contributed by atoms with E-state index in [1.807, 2.05) is 20.8 Å². The molecule has 0 bridgehead atoms. The summed E-state index contributed by atoms with van der Waals surface area (Å²) in [6, 6.07) is -0.227. The van der Waals surface area contributed by atoms with Crippen LogP contribution < -0.4 is 0 Å². The molecule has 132 valence electrons. The zero-order valence-corrected chi connectivity index (χ0v) is 14.8. The Hall–Kier alpha value is -1.40. The summed E-state index contributed by atoms with van der Waals surface area (Å²) in [7, 11) is 1.54.